The van der Waals surface area contributed by atoms with Crippen LogP contribution in [-0.4, -0.2) is 27.3 Å². The number of hydrogen-bond donors (Lipinski definition) is 1. The Bertz CT molecular complexity index is 478. The fourth-order valence-electron chi connectivity index (χ4n) is 2.98. The minimum Gasteiger partial charge on any atom is -0.316 e. The van der Waals surface area contributed by atoms with E-state index in [0.29, 0.717) is 5.92 Å². The largest absolute Gasteiger partial charge is 0.316 e. The van der Waals surface area contributed by atoms with Crippen molar-refractivity contribution in [2.75, 3.05) is 12.8 Å². The zero-order valence-corrected chi connectivity index (χ0v) is 12.3. The molecule has 1 aromatic carbocycles. The second kappa shape index (κ2) is 6.53. The molecule has 1 aliphatic carbocycles. The third kappa shape index (κ3) is 4.32. The van der Waals surface area contributed by atoms with Gasteiger partial charge in [-0.2, -0.15) is 0 Å². The van der Waals surface area contributed by atoms with Crippen molar-refractivity contribution in [1.82, 2.24) is 5.32 Å². The van der Waals surface area contributed by atoms with E-state index in [1.165, 1.54) is 12.8 Å². The highest BCUT2D eigenvalue weighted by molar-refractivity contribution is 7.90. The van der Waals surface area contributed by atoms with Crippen LogP contribution in [0.25, 0.3) is 0 Å². The lowest BCUT2D eigenvalue weighted by Gasteiger charge is -2.22. The van der Waals surface area contributed by atoms with Crippen molar-refractivity contribution >= 4 is 9.84 Å². The van der Waals surface area contributed by atoms with E-state index in [0.717, 1.165) is 18.4 Å². The fourth-order valence-corrected chi connectivity index (χ4v) is 4.78. The molecule has 2 rings (SSSR count). The summed E-state index contributed by atoms with van der Waals surface area (Å²) in [4.78, 5) is 0. The highest BCUT2D eigenvalue weighted by atomic mass is 32.2. The topological polar surface area (TPSA) is 46.2 Å². The summed E-state index contributed by atoms with van der Waals surface area (Å²) in [5.41, 5.74) is 0.878. The Hall–Kier alpha value is -0.870. The normalized spacial score (nSPS) is 18.6. The third-order valence-electron chi connectivity index (χ3n) is 4.00. The average Bonchev–Trinajstić information content (AvgIpc) is 2.90. The maximum atomic E-state index is 12.3. The lowest BCUT2D eigenvalue weighted by atomic mass is 10.0. The Morgan fingerprint density at radius 1 is 1.21 bits per heavy atom. The molecule has 0 heterocycles. The van der Waals surface area contributed by atoms with E-state index >= 15 is 0 Å². The standard InChI is InChI=1S/C15H23NO2S/c1-16-15(14-9-5-6-10-14)12-19(17,18)11-13-7-3-2-4-8-13/h2-4,7-8,14-16H,5-6,9-12H2,1H3. The van der Waals surface area contributed by atoms with E-state index in [-0.39, 0.29) is 17.5 Å². The molecule has 1 fully saturated rings. The van der Waals surface area contributed by atoms with Crippen molar-refractivity contribution in [1.29, 1.82) is 0 Å². The van der Waals surface area contributed by atoms with Crippen LogP contribution in [0.3, 0.4) is 0 Å². The molecule has 1 aliphatic rings. The van der Waals surface area contributed by atoms with Crippen LogP contribution in [0, 0.1) is 5.92 Å². The van der Waals surface area contributed by atoms with Crippen LogP contribution < -0.4 is 5.32 Å². The Morgan fingerprint density at radius 3 is 2.42 bits per heavy atom. The van der Waals surface area contributed by atoms with Crippen molar-refractivity contribution in [2.24, 2.45) is 5.92 Å². The van der Waals surface area contributed by atoms with Gasteiger partial charge in [0.05, 0.1) is 11.5 Å². The lowest BCUT2D eigenvalue weighted by molar-refractivity contribution is 0.404. The van der Waals surface area contributed by atoms with Crippen molar-refractivity contribution in [3.63, 3.8) is 0 Å². The highest BCUT2D eigenvalue weighted by Gasteiger charge is 2.28. The Morgan fingerprint density at radius 2 is 1.84 bits per heavy atom. The first-order valence-electron chi connectivity index (χ1n) is 7.02. The molecule has 1 saturated carbocycles. The van der Waals surface area contributed by atoms with Gasteiger partial charge in [-0.05, 0) is 31.4 Å². The summed E-state index contributed by atoms with van der Waals surface area (Å²) in [5.74, 6) is 0.928. The predicted molar refractivity (Wildman–Crippen MR) is 78.7 cm³/mol. The summed E-state index contributed by atoms with van der Waals surface area (Å²) in [5, 5.41) is 3.21. The van der Waals surface area contributed by atoms with E-state index in [2.05, 4.69) is 5.32 Å². The SMILES string of the molecule is CNC(CS(=O)(=O)Cc1ccccc1)C1CCCC1. The molecule has 106 valence electrons. The van der Waals surface area contributed by atoms with Gasteiger partial charge in [-0.3, -0.25) is 0 Å². The van der Waals surface area contributed by atoms with Crippen LogP contribution >= 0.6 is 0 Å². The molecule has 4 heteroatoms. The summed E-state index contributed by atoms with van der Waals surface area (Å²) >= 11 is 0. The van der Waals surface area contributed by atoms with Crippen LogP contribution in [0.4, 0.5) is 0 Å². The van der Waals surface area contributed by atoms with Crippen LogP contribution in [0.1, 0.15) is 31.2 Å². The monoisotopic (exact) mass is 281 g/mol. The number of sulfone groups is 1. The number of benzene rings is 1. The molecule has 0 aromatic heterocycles. The first-order chi connectivity index (χ1) is 9.11. The van der Waals surface area contributed by atoms with E-state index in [9.17, 15) is 8.42 Å². The highest BCUT2D eigenvalue weighted by Crippen LogP contribution is 2.28. The van der Waals surface area contributed by atoms with Crippen LogP contribution in [0.5, 0.6) is 0 Å². The maximum absolute atomic E-state index is 12.3. The van der Waals surface area contributed by atoms with Crippen molar-refractivity contribution < 1.29 is 8.42 Å². The molecular weight excluding hydrogens is 258 g/mol. The first-order valence-corrected chi connectivity index (χ1v) is 8.84. The molecule has 0 bridgehead atoms. The summed E-state index contributed by atoms with van der Waals surface area (Å²) in [7, 11) is -1.17. The fraction of sp³-hybridized carbons (Fsp3) is 0.600. The van der Waals surface area contributed by atoms with E-state index < -0.39 is 9.84 Å². The van der Waals surface area contributed by atoms with Gasteiger partial charge in [0.1, 0.15) is 0 Å². The molecule has 3 nitrogen and oxygen atoms in total. The summed E-state index contributed by atoms with van der Waals surface area (Å²) in [6, 6.07) is 9.54. The van der Waals surface area contributed by atoms with Crippen molar-refractivity contribution in [3.8, 4) is 0 Å². The number of rotatable bonds is 6. The van der Waals surface area contributed by atoms with Gasteiger partial charge in [-0.25, -0.2) is 8.42 Å². The molecule has 0 saturated heterocycles. The van der Waals surface area contributed by atoms with E-state index in [1.807, 2.05) is 37.4 Å². The van der Waals surface area contributed by atoms with Gasteiger partial charge in [0.25, 0.3) is 0 Å². The molecule has 0 radical (unpaired) electrons. The van der Waals surface area contributed by atoms with Gasteiger partial charge >= 0.3 is 0 Å². The number of hydrogen-bond acceptors (Lipinski definition) is 3. The van der Waals surface area contributed by atoms with Crippen molar-refractivity contribution in [3.05, 3.63) is 35.9 Å². The quantitative estimate of drug-likeness (QED) is 0.871. The molecule has 0 spiro atoms. The van der Waals surface area contributed by atoms with Crippen LogP contribution in [0.2, 0.25) is 0 Å². The molecular formula is C15H23NO2S. The molecule has 1 N–H and O–H groups in total. The van der Waals surface area contributed by atoms with Crippen LogP contribution in [-0.2, 0) is 15.6 Å². The summed E-state index contributed by atoms with van der Waals surface area (Å²) in [6.45, 7) is 0. The Balaban J connectivity index is 1.99. The average molecular weight is 281 g/mol. The molecule has 0 aliphatic heterocycles. The lowest BCUT2D eigenvalue weighted by Crippen LogP contribution is -2.39. The predicted octanol–water partition coefficient (Wildman–Crippen LogP) is 2.38. The van der Waals surface area contributed by atoms with Gasteiger partial charge in [-0.15, -0.1) is 0 Å². The molecule has 19 heavy (non-hydrogen) atoms. The second-order valence-electron chi connectivity index (χ2n) is 5.48. The van der Waals surface area contributed by atoms with Gasteiger partial charge in [0.2, 0.25) is 0 Å². The smallest absolute Gasteiger partial charge is 0.155 e. The van der Waals surface area contributed by atoms with Crippen LogP contribution in [0.15, 0.2) is 30.3 Å². The molecule has 1 atom stereocenters. The van der Waals surface area contributed by atoms with Gasteiger partial charge in [-0.1, -0.05) is 43.2 Å². The maximum Gasteiger partial charge on any atom is 0.155 e. The minimum absolute atomic E-state index is 0.108. The van der Waals surface area contributed by atoms with Gasteiger partial charge < -0.3 is 5.32 Å². The second-order valence-corrected chi connectivity index (χ2v) is 7.59. The van der Waals surface area contributed by atoms with E-state index in [4.69, 9.17) is 0 Å². The molecule has 1 aromatic rings. The molecule has 1 unspecified atom stereocenters. The van der Waals surface area contributed by atoms with E-state index in [1.54, 1.807) is 0 Å². The minimum atomic E-state index is -3.05. The van der Waals surface area contributed by atoms with Gasteiger partial charge in [0, 0.05) is 6.04 Å². The number of nitrogens with one attached hydrogen (secondary N) is 1. The Labute approximate surface area is 116 Å². The van der Waals surface area contributed by atoms with Crippen molar-refractivity contribution in [2.45, 2.75) is 37.5 Å². The molecule has 0 amide bonds. The summed E-state index contributed by atoms with van der Waals surface area (Å²) in [6.07, 6.45) is 4.79. The Kier molecular flexibility index (Phi) is 4.99. The first kappa shape index (κ1) is 14.5. The van der Waals surface area contributed by atoms with Gasteiger partial charge in [0.15, 0.2) is 9.84 Å². The summed E-state index contributed by atoms with van der Waals surface area (Å²) < 4.78 is 24.6. The zero-order valence-electron chi connectivity index (χ0n) is 11.5. The third-order valence-corrected chi connectivity index (χ3v) is 5.64. The zero-order chi connectivity index (χ0) is 13.7.